The predicted octanol–water partition coefficient (Wildman–Crippen LogP) is 1.43. The third-order valence-corrected chi connectivity index (χ3v) is 5.71. The lowest BCUT2D eigenvalue weighted by Gasteiger charge is -2.35. The summed E-state index contributed by atoms with van der Waals surface area (Å²) in [6.45, 7) is 6.15. The van der Waals surface area contributed by atoms with Crippen LogP contribution >= 0.6 is 0 Å². The van der Waals surface area contributed by atoms with E-state index in [4.69, 9.17) is 0 Å². The first-order valence-corrected chi connectivity index (χ1v) is 10.1. The second-order valence-corrected chi connectivity index (χ2v) is 7.64. The van der Waals surface area contributed by atoms with Crippen molar-refractivity contribution < 1.29 is 9.59 Å². The first kappa shape index (κ1) is 19.4. The van der Waals surface area contributed by atoms with Gasteiger partial charge in [0, 0.05) is 69.7 Å². The Hall–Kier alpha value is -2.93. The van der Waals surface area contributed by atoms with Gasteiger partial charge in [0.2, 0.25) is 0 Å². The standard InChI is InChI=1S/C22H27N5O2/c1-24-10-12-26(13-11-24)21(28)18-5-7-19(8-6-18)22(29)27-16-14-25(15-17-27)20-4-2-3-9-23-20/h2-9H,10-17H2,1H3. The summed E-state index contributed by atoms with van der Waals surface area (Å²) < 4.78 is 0. The van der Waals surface area contributed by atoms with Gasteiger partial charge in [-0.05, 0) is 43.4 Å². The summed E-state index contributed by atoms with van der Waals surface area (Å²) in [5, 5.41) is 0. The fourth-order valence-electron chi connectivity index (χ4n) is 3.81. The van der Waals surface area contributed by atoms with Gasteiger partial charge in [0.05, 0.1) is 0 Å². The molecule has 2 aromatic rings. The zero-order chi connectivity index (χ0) is 20.2. The third kappa shape index (κ3) is 4.40. The summed E-state index contributed by atoms with van der Waals surface area (Å²) in [6.07, 6.45) is 1.79. The van der Waals surface area contributed by atoms with Crippen LogP contribution in [-0.4, -0.2) is 90.9 Å². The molecule has 3 heterocycles. The van der Waals surface area contributed by atoms with Crippen molar-refractivity contribution in [2.45, 2.75) is 0 Å². The molecule has 152 valence electrons. The SMILES string of the molecule is CN1CCN(C(=O)c2ccc(C(=O)N3CCN(c4ccccn4)CC3)cc2)CC1. The summed E-state index contributed by atoms with van der Waals surface area (Å²) in [6, 6.07) is 13.0. The highest BCUT2D eigenvalue weighted by molar-refractivity contribution is 5.98. The van der Waals surface area contributed by atoms with Crippen LogP contribution in [-0.2, 0) is 0 Å². The number of carbonyl (C=O) groups excluding carboxylic acids is 2. The Bertz CT molecular complexity index is 839. The number of hydrogen-bond acceptors (Lipinski definition) is 5. The zero-order valence-corrected chi connectivity index (χ0v) is 16.8. The number of anilines is 1. The van der Waals surface area contributed by atoms with Crippen LogP contribution in [0.2, 0.25) is 0 Å². The number of amides is 2. The molecule has 7 heteroatoms. The molecule has 2 aliphatic heterocycles. The number of hydrogen-bond donors (Lipinski definition) is 0. The average Bonchev–Trinajstić information content (AvgIpc) is 2.79. The molecule has 0 atom stereocenters. The van der Waals surface area contributed by atoms with Gasteiger partial charge in [0.1, 0.15) is 5.82 Å². The number of piperazine rings is 2. The van der Waals surface area contributed by atoms with Crippen LogP contribution < -0.4 is 4.90 Å². The lowest BCUT2D eigenvalue weighted by molar-refractivity contribution is 0.0662. The molecular weight excluding hydrogens is 366 g/mol. The fourth-order valence-corrected chi connectivity index (χ4v) is 3.81. The van der Waals surface area contributed by atoms with E-state index in [2.05, 4.69) is 21.8 Å². The Labute approximate surface area is 171 Å². The number of likely N-dealkylation sites (N-methyl/N-ethyl adjacent to an activating group) is 1. The maximum absolute atomic E-state index is 12.9. The Kier molecular flexibility index (Phi) is 5.76. The molecule has 0 aliphatic carbocycles. The molecule has 0 bridgehead atoms. The van der Waals surface area contributed by atoms with Crippen molar-refractivity contribution in [1.82, 2.24) is 19.7 Å². The Balaban J connectivity index is 1.34. The minimum absolute atomic E-state index is 0.0178. The van der Waals surface area contributed by atoms with Crippen molar-refractivity contribution in [3.8, 4) is 0 Å². The van der Waals surface area contributed by atoms with E-state index in [9.17, 15) is 9.59 Å². The highest BCUT2D eigenvalue weighted by atomic mass is 16.2. The van der Waals surface area contributed by atoms with Gasteiger partial charge < -0.3 is 19.6 Å². The van der Waals surface area contributed by atoms with E-state index in [1.807, 2.05) is 28.0 Å². The number of carbonyl (C=O) groups is 2. The van der Waals surface area contributed by atoms with Gasteiger partial charge in [-0.1, -0.05) is 6.07 Å². The van der Waals surface area contributed by atoms with E-state index in [0.717, 1.165) is 45.1 Å². The van der Waals surface area contributed by atoms with E-state index < -0.39 is 0 Å². The van der Waals surface area contributed by atoms with Crippen molar-refractivity contribution in [3.05, 3.63) is 59.8 Å². The van der Waals surface area contributed by atoms with Crippen molar-refractivity contribution in [3.63, 3.8) is 0 Å². The lowest BCUT2D eigenvalue weighted by Crippen LogP contribution is -2.49. The summed E-state index contributed by atoms with van der Waals surface area (Å²) in [5.74, 6) is 1.01. The summed E-state index contributed by atoms with van der Waals surface area (Å²) >= 11 is 0. The third-order valence-electron chi connectivity index (χ3n) is 5.71. The molecule has 0 N–H and O–H groups in total. The minimum Gasteiger partial charge on any atom is -0.353 e. The molecule has 0 spiro atoms. The molecule has 0 saturated carbocycles. The first-order valence-electron chi connectivity index (χ1n) is 10.1. The van der Waals surface area contributed by atoms with Crippen LogP contribution in [0.3, 0.4) is 0 Å². The molecule has 1 aromatic carbocycles. The molecule has 0 radical (unpaired) electrons. The minimum atomic E-state index is 0.0178. The molecule has 29 heavy (non-hydrogen) atoms. The fraction of sp³-hybridized carbons (Fsp3) is 0.409. The van der Waals surface area contributed by atoms with Gasteiger partial charge in [-0.25, -0.2) is 4.98 Å². The van der Waals surface area contributed by atoms with E-state index in [-0.39, 0.29) is 11.8 Å². The van der Waals surface area contributed by atoms with Crippen molar-refractivity contribution in [1.29, 1.82) is 0 Å². The molecule has 2 fully saturated rings. The number of rotatable bonds is 3. The average molecular weight is 393 g/mol. The second-order valence-electron chi connectivity index (χ2n) is 7.64. The van der Waals surface area contributed by atoms with E-state index >= 15 is 0 Å². The quantitative estimate of drug-likeness (QED) is 0.790. The van der Waals surface area contributed by atoms with Gasteiger partial charge >= 0.3 is 0 Å². The van der Waals surface area contributed by atoms with Crippen LogP contribution in [0.25, 0.3) is 0 Å². The van der Waals surface area contributed by atoms with Gasteiger partial charge in [0.25, 0.3) is 11.8 Å². The normalized spacial score (nSPS) is 18.0. The lowest BCUT2D eigenvalue weighted by atomic mass is 10.1. The highest BCUT2D eigenvalue weighted by Gasteiger charge is 2.24. The number of aromatic nitrogens is 1. The monoisotopic (exact) mass is 393 g/mol. The Morgan fingerprint density at radius 2 is 1.24 bits per heavy atom. The van der Waals surface area contributed by atoms with Crippen LogP contribution in [0.1, 0.15) is 20.7 Å². The Morgan fingerprint density at radius 1 is 0.724 bits per heavy atom. The van der Waals surface area contributed by atoms with Crippen molar-refractivity contribution in [2.24, 2.45) is 0 Å². The highest BCUT2D eigenvalue weighted by Crippen LogP contribution is 2.16. The zero-order valence-electron chi connectivity index (χ0n) is 16.8. The van der Waals surface area contributed by atoms with Crippen LogP contribution in [0.5, 0.6) is 0 Å². The molecule has 1 aromatic heterocycles. The summed E-state index contributed by atoms with van der Waals surface area (Å²) in [7, 11) is 2.07. The topological polar surface area (TPSA) is 60.0 Å². The van der Waals surface area contributed by atoms with E-state index in [1.165, 1.54) is 0 Å². The van der Waals surface area contributed by atoms with Gasteiger partial charge in [0.15, 0.2) is 0 Å². The van der Waals surface area contributed by atoms with Crippen LogP contribution in [0.15, 0.2) is 48.7 Å². The van der Waals surface area contributed by atoms with Gasteiger partial charge in [-0.3, -0.25) is 9.59 Å². The van der Waals surface area contributed by atoms with E-state index in [0.29, 0.717) is 24.2 Å². The van der Waals surface area contributed by atoms with Gasteiger partial charge in [-0.2, -0.15) is 0 Å². The van der Waals surface area contributed by atoms with Crippen molar-refractivity contribution >= 4 is 17.6 Å². The molecule has 2 saturated heterocycles. The van der Waals surface area contributed by atoms with Gasteiger partial charge in [-0.15, -0.1) is 0 Å². The van der Waals surface area contributed by atoms with Crippen LogP contribution in [0.4, 0.5) is 5.82 Å². The maximum Gasteiger partial charge on any atom is 0.253 e. The molecular formula is C22H27N5O2. The molecule has 4 rings (SSSR count). The smallest absolute Gasteiger partial charge is 0.253 e. The first-order chi connectivity index (χ1) is 14.1. The molecule has 2 amide bonds. The Morgan fingerprint density at radius 3 is 1.72 bits per heavy atom. The number of nitrogens with zero attached hydrogens (tertiary/aromatic N) is 5. The molecule has 0 unspecified atom stereocenters. The van der Waals surface area contributed by atoms with Crippen molar-refractivity contribution in [2.75, 3.05) is 64.3 Å². The largest absolute Gasteiger partial charge is 0.353 e. The molecule has 7 nitrogen and oxygen atoms in total. The number of pyridine rings is 1. The summed E-state index contributed by atoms with van der Waals surface area (Å²) in [5.41, 5.74) is 1.28. The van der Waals surface area contributed by atoms with E-state index in [1.54, 1.807) is 30.5 Å². The van der Waals surface area contributed by atoms with Crippen LogP contribution in [0, 0.1) is 0 Å². The summed E-state index contributed by atoms with van der Waals surface area (Å²) in [4.78, 5) is 38.1. The predicted molar refractivity (Wildman–Crippen MR) is 112 cm³/mol. The second kappa shape index (κ2) is 8.61. The molecule has 2 aliphatic rings. The number of benzene rings is 1. The maximum atomic E-state index is 12.9.